The van der Waals surface area contributed by atoms with E-state index in [-0.39, 0.29) is 24.6 Å². The molecule has 21 heavy (non-hydrogen) atoms. The molecule has 0 spiro atoms. The topological polar surface area (TPSA) is 87.0 Å². The number of furan rings is 1. The second kappa shape index (κ2) is 7.11. The summed E-state index contributed by atoms with van der Waals surface area (Å²) in [6.45, 7) is 9.08. The lowest BCUT2D eigenvalue weighted by Gasteiger charge is -2.19. The molecule has 0 fully saturated rings. The highest BCUT2D eigenvalue weighted by atomic mass is 31.2. The van der Waals surface area contributed by atoms with E-state index >= 15 is 0 Å². The van der Waals surface area contributed by atoms with E-state index in [2.05, 4.69) is 5.32 Å². The summed E-state index contributed by atoms with van der Waals surface area (Å²) >= 11 is 0. The fourth-order valence-corrected chi connectivity index (χ4v) is 2.93. The maximum absolute atomic E-state index is 12.5. The number of ether oxygens (including phenoxy) is 1. The van der Waals surface area contributed by atoms with Gasteiger partial charge in [0.1, 0.15) is 5.60 Å². The van der Waals surface area contributed by atoms with E-state index in [0.29, 0.717) is 0 Å². The number of carbonyl (C=O) groups is 1. The normalized spacial score (nSPS) is 12.2. The fraction of sp³-hybridized carbons (Fsp3) is 0.615. The molecular formula is C13H22NO6P. The Bertz CT molecular complexity index is 509. The molecular weight excluding hydrogens is 297 g/mol. The van der Waals surface area contributed by atoms with Crippen LogP contribution < -0.4 is 10.8 Å². The largest absolute Gasteiger partial charge is 0.444 e. The van der Waals surface area contributed by atoms with Crippen molar-refractivity contribution in [2.24, 2.45) is 0 Å². The van der Waals surface area contributed by atoms with Crippen molar-refractivity contribution >= 4 is 25.1 Å². The summed E-state index contributed by atoms with van der Waals surface area (Å²) in [5.41, 5.74) is -0.580. The summed E-state index contributed by atoms with van der Waals surface area (Å²) in [5.74, 6) is 0.110. The van der Waals surface area contributed by atoms with E-state index < -0.39 is 19.3 Å². The van der Waals surface area contributed by atoms with E-state index in [4.69, 9.17) is 18.2 Å². The van der Waals surface area contributed by atoms with Crippen LogP contribution in [0.2, 0.25) is 0 Å². The van der Waals surface area contributed by atoms with E-state index in [1.165, 1.54) is 12.1 Å². The van der Waals surface area contributed by atoms with Crippen molar-refractivity contribution in [3.05, 3.63) is 12.1 Å². The number of nitrogens with one attached hydrogen (secondary N) is 1. The zero-order valence-electron chi connectivity index (χ0n) is 13.0. The summed E-state index contributed by atoms with van der Waals surface area (Å²) in [6, 6.07) is 2.91. The summed E-state index contributed by atoms with van der Waals surface area (Å²) < 4.78 is 33.2. The summed E-state index contributed by atoms with van der Waals surface area (Å²) in [7, 11) is -3.49. The molecule has 0 saturated heterocycles. The molecule has 0 bridgehead atoms. The molecule has 1 rings (SSSR count). The van der Waals surface area contributed by atoms with Crippen LogP contribution in [0.4, 0.5) is 10.7 Å². The molecule has 1 amide bonds. The van der Waals surface area contributed by atoms with Gasteiger partial charge in [-0.2, -0.15) is 0 Å². The molecule has 0 aliphatic heterocycles. The van der Waals surface area contributed by atoms with Crippen LogP contribution in [-0.2, 0) is 18.3 Å². The molecule has 8 heteroatoms. The molecule has 0 unspecified atom stereocenters. The maximum Gasteiger partial charge on any atom is 0.414 e. The fourth-order valence-electron chi connectivity index (χ4n) is 1.45. The van der Waals surface area contributed by atoms with Crippen molar-refractivity contribution in [2.75, 3.05) is 18.5 Å². The van der Waals surface area contributed by atoms with Crippen LogP contribution in [0.15, 0.2) is 16.5 Å². The van der Waals surface area contributed by atoms with Gasteiger partial charge in [-0.3, -0.25) is 9.88 Å². The molecule has 0 saturated carbocycles. The molecule has 1 heterocycles. The molecule has 0 aliphatic carbocycles. The van der Waals surface area contributed by atoms with Crippen LogP contribution in [0.3, 0.4) is 0 Å². The summed E-state index contributed by atoms with van der Waals surface area (Å²) in [4.78, 5) is 11.6. The molecule has 0 aliphatic rings. The Balaban J connectivity index is 2.80. The van der Waals surface area contributed by atoms with Gasteiger partial charge in [-0.15, -0.1) is 0 Å². The average Bonchev–Trinajstić information content (AvgIpc) is 2.76. The zero-order chi connectivity index (χ0) is 16.1. The third kappa shape index (κ3) is 5.53. The third-order valence-electron chi connectivity index (χ3n) is 2.08. The average molecular weight is 319 g/mol. The van der Waals surface area contributed by atoms with Crippen LogP contribution in [-0.4, -0.2) is 24.9 Å². The lowest BCUT2D eigenvalue weighted by Crippen LogP contribution is -2.27. The Morgan fingerprint density at radius 3 is 2.29 bits per heavy atom. The van der Waals surface area contributed by atoms with Crippen molar-refractivity contribution in [2.45, 2.75) is 40.2 Å². The SMILES string of the molecule is CCOP(=O)(OCC)c1ccc(NC(=O)OC(C)(C)C)o1. The standard InChI is InChI=1S/C13H22NO6P/c1-6-17-21(16,18-7-2)11-9-8-10(19-11)14-12(15)20-13(3,4)5/h8-9H,6-7H2,1-5H3,(H,14,15). The van der Waals surface area contributed by atoms with Gasteiger partial charge in [0, 0.05) is 6.07 Å². The smallest absolute Gasteiger partial charge is 0.414 e. The van der Waals surface area contributed by atoms with Crippen molar-refractivity contribution < 1.29 is 27.6 Å². The van der Waals surface area contributed by atoms with Crippen LogP contribution in [0, 0.1) is 0 Å². The quantitative estimate of drug-likeness (QED) is 0.807. The molecule has 1 N–H and O–H groups in total. The van der Waals surface area contributed by atoms with Gasteiger partial charge in [0.25, 0.3) is 0 Å². The molecule has 1 aromatic rings. The monoisotopic (exact) mass is 319 g/mol. The molecule has 7 nitrogen and oxygen atoms in total. The predicted molar refractivity (Wildman–Crippen MR) is 79.1 cm³/mol. The third-order valence-corrected chi connectivity index (χ3v) is 4.06. The minimum absolute atomic E-state index is 0.0391. The minimum atomic E-state index is -3.49. The summed E-state index contributed by atoms with van der Waals surface area (Å²) in [5, 5.41) is 2.42. The van der Waals surface area contributed by atoms with Gasteiger partial charge in [-0.1, -0.05) is 0 Å². The van der Waals surface area contributed by atoms with Gasteiger partial charge in [0.05, 0.1) is 13.2 Å². The first kappa shape index (κ1) is 17.8. The van der Waals surface area contributed by atoms with Gasteiger partial charge in [0.15, 0.2) is 0 Å². The number of hydrogen-bond donors (Lipinski definition) is 1. The number of anilines is 1. The van der Waals surface area contributed by atoms with Crippen molar-refractivity contribution in [1.29, 1.82) is 0 Å². The number of rotatable bonds is 6. The second-order valence-corrected chi connectivity index (χ2v) is 7.05. The van der Waals surface area contributed by atoms with E-state index in [1.807, 2.05) is 0 Å². The first-order valence-electron chi connectivity index (χ1n) is 6.69. The van der Waals surface area contributed by atoms with Crippen LogP contribution >= 0.6 is 7.60 Å². The molecule has 0 atom stereocenters. The first-order chi connectivity index (χ1) is 9.70. The van der Waals surface area contributed by atoms with E-state index in [9.17, 15) is 9.36 Å². The Morgan fingerprint density at radius 2 is 1.81 bits per heavy atom. The lowest BCUT2D eigenvalue weighted by molar-refractivity contribution is 0.0632. The first-order valence-corrected chi connectivity index (χ1v) is 8.24. The van der Waals surface area contributed by atoms with Gasteiger partial charge in [0.2, 0.25) is 11.4 Å². The van der Waals surface area contributed by atoms with Gasteiger partial charge in [-0.25, -0.2) is 4.79 Å². The summed E-state index contributed by atoms with van der Waals surface area (Å²) in [6.07, 6.45) is -0.661. The molecule has 120 valence electrons. The number of hydrogen-bond acceptors (Lipinski definition) is 6. The Hall–Kier alpha value is -1.30. The van der Waals surface area contributed by atoms with Gasteiger partial charge >= 0.3 is 13.7 Å². The Morgan fingerprint density at radius 1 is 1.24 bits per heavy atom. The van der Waals surface area contributed by atoms with Crippen molar-refractivity contribution in [1.82, 2.24) is 0 Å². The highest BCUT2D eigenvalue weighted by Crippen LogP contribution is 2.47. The van der Waals surface area contributed by atoms with Crippen molar-refractivity contribution in [3.8, 4) is 0 Å². The molecule has 1 aromatic heterocycles. The number of carbonyl (C=O) groups excluding carboxylic acids is 1. The molecule has 0 radical (unpaired) electrons. The van der Waals surface area contributed by atoms with Crippen LogP contribution in [0.1, 0.15) is 34.6 Å². The molecule has 0 aromatic carbocycles. The second-order valence-electron chi connectivity index (χ2n) is 5.10. The van der Waals surface area contributed by atoms with Crippen molar-refractivity contribution in [3.63, 3.8) is 0 Å². The van der Waals surface area contributed by atoms with E-state index in [1.54, 1.807) is 34.6 Å². The number of amides is 1. The Labute approximate surface area is 124 Å². The highest BCUT2D eigenvalue weighted by molar-refractivity contribution is 7.61. The highest BCUT2D eigenvalue weighted by Gasteiger charge is 2.31. The van der Waals surface area contributed by atoms with Gasteiger partial charge in [-0.05, 0) is 40.7 Å². The zero-order valence-corrected chi connectivity index (χ0v) is 13.9. The minimum Gasteiger partial charge on any atom is -0.444 e. The maximum atomic E-state index is 12.5. The predicted octanol–water partition coefficient (Wildman–Crippen LogP) is 3.52. The van der Waals surface area contributed by atoms with Crippen LogP contribution in [0.25, 0.3) is 0 Å². The van der Waals surface area contributed by atoms with Crippen LogP contribution in [0.5, 0.6) is 0 Å². The van der Waals surface area contributed by atoms with E-state index in [0.717, 1.165) is 0 Å². The Kier molecular flexibility index (Phi) is 6.01. The lowest BCUT2D eigenvalue weighted by atomic mass is 10.2. The van der Waals surface area contributed by atoms with Gasteiger partial charge < -0.3 is 18.2 Å².